The fraction of sp³-hybridized carbons (Fsp3) is 0.522. The zero-order chi connectivity index (χ0) is 22.0. The summed E-state index contributed by atoms with van der Waals surface area (Å²) in [6.07, 6.45) is 3.56. The molecule has 0 aliphatic carbocycles. The van der Waals surface area contributed by atoms with E-state index < -0.39 is 6.04 Å². The minimum atomic E-state index is -0.447. The Bertz CT molecular complexity index is 937. The summed E-state index contributed by atoms with van der Waals surface area (Å²) in [6.45, 7) is 8.18. The van der Waals surface area contributed by atoms with E-state index in [-0.39, 0.29) is 29.6 Å². The maximum absolute atomic E-state index is 15.1. The summed E-state index contributed by atoms with van der Waals surface area (Å²) in [4.78, 5) is 27.1. The van der Waals surface area contributed by atoms with Gasteiger partial charge in [-0.15, -0.1) is 0 Å². The molecule has 0 spiro atoms. The van der Waals surface area contributed by atoms with Crippen LogP contribution in [0.4, 0.5) is 4.39 Å². The Balaban J connectivity index is 1.75. The third kappa shape index (κ3) is 4.40. The number of rotatable bonds is 6. The lowest BCUT2D eigenvalue weighted by molar-refractivity contribution is -0.139. The lowest BCUT2D eigenvalue weighted by Crippen LogP contribution is -2.46. The molecule has 2 amide bonds. The van der Waals surface area contributed by atoms with E-state index in [0.29, 0.717) is 36.2 Å². The van der Waals surface area contributed by atoms with Crippen LogP contribution in [0, 0.1) is 18.7 Å². The number of carbonyl (C=O) groups excluding carboxylic acids is 2. The predicted molar refractivity (Wildman–Crippen MR) is 114 cm³/mol. The molecule has 3 rings (SSSR count). The molecule has 30 heavy (non-hydrogen) atoms. The summed E-state index contributed by atoms with van der Waals surface area (Å²) >= 11 is 0. The Labute approximate surface area is 177 Å². The molecule has 6 nitrogen and oxygen atoms in total. The van der Waals surface area contributed by atoms with Crippen LogP contribution in [0.25, 0.3) is 11.3 Å². The van der Waals surface area contributed by atoms with Gasteiger partial charge in [-0.05, 0) is 55.9 Å². The molecule has 2 atom stereocenters. The minimum Gasteiger partial charge on any atom is -0.348 e. The fourth-order valence-electron chi connectivity index (χ4n) is 4.20. The number of hydrogen-bond donors (Lipinski definition) is 1. The molecule has 1 aromatic heterocycles. The van der Waals surface area contributed by atoms with Crippen molar-refractivity contribution in [2.75, 3.05) is 6.54 Å². The van der Waals surface area contributed by atoms with Crippen LogP contribution >= 0.6 is 0 Å². The van der Waals surface area contributed by atoms with Crippen molar-refractivity contribution in [2.24, 2.45) is 13.0 Å². The number of nitrogens with one attached hydrogen (secondary N) is 1. The number of hydrogen-bond acceptors (Lipinski definition) is 3. The summed E-state index contributed by atoms with van der Waals surface area (Å²) in [6, 6.07) is 4.53. The first-order chi connectivity index (χ1) is 14.2. The zero-order valence-electron chi connectivity index (χ0n) is 18.4. The molecular weight excluding hydrogens is 383 g/mol. The average Bonchev–Trinajstić information content (AvgIpc) is 3.32. The van der Waals surface area contributed by atoms with Crippen LogP contribution in [-0.2, 0) is 16.6 Å². The van der Waals surface area contributed by atoms with Crippen LogP contribution < -0.4 is 5.32 Å². The molecule has 1 aromatic carbocycles. The molecule has 7 heteroatoms. The quantitative estimate of drug-likeness (QED) is 0.783. The maximum Gasteiger partial charge on any atom is 0.243 e. The first-order valence-corrected chi connectivity index (χ1v) is 10.6. The molecule has 0 bridgehead atoms. The number of carbonyl (C=O) groups is 2. The van der Waals surface area contributed by atoms with Gasteiger partial charge >= 0.3 is 0 Å². The Morgan fingerprint density at radius 3 is 2.63 bits per heavy atom. The van der Waals surface area contributed by atoms with Crippen molar-refractivity contribution in [3.8, 4) is 11.3 Å². The Kier molecular flexibility index (Phi) is 6.58. The molecule has 1 N–H and O–H groups in total. The van der Waals surface area contributed by atoms with Crippen molar-refractivity contribution < 1.29 is 14.0 Å². The number of benzene rings is 1. The van der Waals surface area contributed by atoms with Gasteiger partial charge in [-0.2, -0.15) is 5.10 Å². The van der Waals surface area contributed by atoms with E-state index in [1.165, 1.54) is 0 Å². The largest absolute Gasteiger partial charge is 0.348 e. The molecule has 1 aliphatic rings. The van der Waals surface area contributed by atoms with Crippen LogP contribution in [0.2, 0.25) is 0 Å². The van der Waals surface area contributed by atoms with Crippen molar-refractivity contribution >= 4 is 11.8 Å². The highest BCUT2D eigenvalue weighted by molar-refractivity contribution is 5.88. The van der Waals surface area contributed by atoms with E-state index in [1.807, 2.05) is 26.8 Å². The Morgan fingerprint density at radius 2 is 2.00 bits per heavy atom. The highest BCUT2D eigenvalue weighted by Crippen LogP contribution is 2.29. The van der Waals surface area contributed by atoms with Crippen LogP contribution in [0.1, 0.15) is 57.2 Å². The molecular formula is C23H31FN4O2. The smallest absolute Gasteiger partial charge is 0.243 e. The third-order valence-corrected chi connectivity index (χ3v) is 5.81. The molecule has 0 saturated carbocycles. The topological polar surface area (TPSA) is 67.2 Å². The van der Waals surface area contributed by atoms with Crippen molar-refractivity contribution in [3.63, 3.8) is 0 Å². The molecule has 1 fully saturated rings. The van der Waals surface area contributed by atoms with Crippen LogP contribution in [0.15, 0.2) is 24.4 Å². The van der Waals surface area contributed by atoms with E-state index in [2.05, 4.69) is 10.4 Å². The number of aryl methyl sites for hydroxylation is 1. The molecule has 2 aromatic rings. The first-order valence-electron chi connectivity index (χ1n) is 10.6. The average molecular weight is 415 g/mol. The number of amides is 2. The van der Waals surface area contributed by atoms with Gasteiger partial charge in [-0.25, -0.2) is 4.39 Å². The normalized spacial score (nSPS) is 17.4. The predicted octanol–water partition coefficient (Wildman–Crippen LogP) is 3.75. The van der Waals surface area contributed by atoms with Gasteiger partial charge in [-0.3, -0.25) is 14.3 Å². The first kappa shape index (κ1) is 22.0. The molecule has 162 valence electrons. The fourth-order valence-corrected chi connectivity index (χ4v) is 4.20. The summed E-state index contributed by atoms with van der Waals surface area (Å²) in [5.41, 5.74) is 2.41. The second-order valence-corrected chi connectivity index (χ2v) is 8.55. The SMILES string of the molecule is Cc1c(C(C)NC(=O)C2CCCN2C(=O)CC(C)C)ccc(-c2ccnn2C)c1F. The summed E-state index contributed by atoms with van der Waals surface area (Å²) in [5, 5.41) is 7.10. The van der Waals surface area contributed by atoms with Gasteiger partial charge in [0.2, 0.25) is 11.8 Å². The minimum absolute atomic E-state index is 0.0260. The molecule has 1 aliphatic heterocycles. The van der Waals surface area contributed by atoms with E-state index in [0.717, 1.165) is 12.0 Å². The molecule has 2 heterocycles. The van der Waals surface area contributed by atoms with Gasteiger partial charge in [0.25, 0.3) is 0 Å². The second-order valence-electron chi connectivity index (χ2n) is 8.55. The monoisotopic (exact) mass is 414 g/mol. The Morgan fingerprint density at radius 1 is 1.27 bits per heavy atom. The van der Waals surface area contributed by atoms with Crippen molar-refractivity contribution in [2.45, 2.75) is 59.0 Å². The highest BCUT2D eigenvalue weighted by atomic mass is 19.1. The standard InChI is InChI=1S/C23H31FN4O2/c1-14(2)13-21(29)28-12-6-7-20(28)23(30)26-16(4)17-8-9-18(22(24)15(17)3)19-10-11-25-27(19)5/h8-11,14,16,20H,6-7,12-13H2,1-5H3,(H,26,30). The van der Waals surface area contributed by atoms with E-state index in [1.54, 1.807) is 41.9 Å². The maximum atomic E-state index is 15.1. The van der Waals surface area contributed by atoms with Gasteiger partial charge in [0, 0.05) is 31.8 Å². The van der Waals surface area contributed by atoms with Crippen molar-refractivity contribution in [3.05, 3.63) is 41.3 Å². The zero-order valence-corrected chi connectivity index (χ0v) is 18.4. The highest BCUT2D eigenvalue weighted by Gasteiger charge is 2.34. The lowest BCUT2D eigenvalue weighted by atomic mass is 9.97. The van der Waals surface area contributed by atoms with Gasteiger partial charge in [0.15, 0.2) is 0 Å². The van der Waals surface area contributed by atoms with Gasteiger partial charge < -0.3 is 10.2 Å². The number of aromatic nitrogens is 2. The number of halogens is 1. The summed E-state index contributed by atoms with van der Waals surface area (Å²) < 4.78 is 16.7. The third-order valence-electron chi connectivity index (χ3n) is 5.81. The van der Waals surface area contributed by atoms with E-state index in [9.17, 15) is 9.59 Å². The molecule has 0 radical (unpaired) electrons. The Hall–Kier alpha value is -2.70. The summed E-state index contributed by atoms with van der Waals surface area (Å²) in [7, 11) is 1.77. The molecule has 2 unspecified atom stereocenters. The lowest BCUT2D eigenvalue weighted by Gasteiger charge is -2.27. The van der Waals surface area contributed by atoms with Crippen LogP contribution in [-0.4, -0.2) is 39.1 Å². The number of nitrogens with zero attached hydrogens (tertiary/aromatic N) is 3. The van der Waals surface area contributed by atoms with Gasteiger partial charge in [0.1, 0.15) is 11.9 Å². The second kappa shape index (κ2) is 8.98. The van der Waals surface area contributed by atoms with Crippen LogP contribution in [0.5, 0.6) is 0 Å². The van der Waals surface area contributed by atoms with Crippen molar-refractivity contribution in [1.29, 1.82) is 0 Å². The van der Waals surface area contributed by atoms with Gasteiger partial charge in [0.05, 0.1) is 11.7 Å². The van der Waals surface area contributed by atoms with Crippen LogP contribution in [0.3, 0.4) is 0 Å². The van der Waals surface area contributed by atoms with Gasteiger partial charge in [-0.1, -0.05) is 19.9 Å². The van der Waals surface area contributed by atoms with E-state index >= 15 is 4.39 Å². The summed E-state index contributed by atoms with van der Waals surface area (Å²) in [5.74, 6) is -0.207. The number of likely N-dealkylation sites (tertiary alicyclic amines) is 1. The van der Waals surface area contributed by atoms with Crippen molar-refractivity contribution in [1.82, 2.24) is 20.0 Å². The van der Waals surface area contributed by atoms with E-state index in [4.69, 9.17) is 0 Å². The molecule has 1 saturated heterocycles.